The molecule has 1 rings (SSSR count). The lowest BCUT2D eigenvalue weighted by molar-refractivity contribution is 0.390. The summed E-state index contributed by atoms with van der Waals surface area (Å²) < 4.78 is 4.98. The maximum absolute atomic E-state index is 4.98. The van der Waals surface area contributed by atoms with Crippen LogP contribution in [0.15, 0.2) is 23.8 Å². The molecule has 1 heterocycles. The van der Waals surface area contributed by atoms with Crippen molar-refractivity contribution in [2.45, 2.75) is 26.8 Å². The molecule has 0 aliphatic heterocycles. The lowest BCUT2D eigenvalue weighted by Crippen LogP contribution is -2.20. The van der Waals surface area contributed by atoms with Crippen molar-refractivity contribution in [3.05, 3.63) is 29.5 Å². The average Bonchev–Trinajstić information content (AvgIpc) is 2.28. The van der Waals surface area contributed by atoms with Crippen molar-refractivity contribution in [2.24, 2.45) is 0 Å². The van der Waals surface area contributed by atoms with Gasteiger partial charge in [-0.25, -0.2) is 0 Å². The lowest BCUT2D eigenvalue weighted by Gasteiger charge is -2.13. The fourth-order valence-electron chi connectivity index (χ4n) is 1.41. The van der Waals surface area contributed by atoms with Gasteiger partial charge in [0, 0.05) is 6.07 Å². The molecule has 1 aromatic heterocycles. The van der Waals surface area contributed by atoms with Gasteiger partial charge in [-0.2, -0.15) is 0 Å². The van der Waals surface area contributed by atoms with Crippen molar-refractivity contribution in [1.29, 1.82) is 0 Å². The van der Waals surface area contributed by atoms with Gasteiger partial charge in [0.05, 0.1) is 18.8 Å². The third-order valence-corrected chi connectivity index (χ3v) is 2.11. The van der Waals surface area contributed by atoms with Crippen LogP contribution in [0.4, 0.5) is 0 Å². The first-order chi connectivity index (χ1) is 7.67. The van der Waals surface area contributed by atoms with Crippen LogP contribution >= 0.6 is 0 Å². The van der Waals surface area contributed by atoms with E-state index in [0.717, 1.165) is 12.2 Å². The molecular weight excluding hydrogens is 202 g/mol. The van der Waals surface area contributed by atoms with E-state index in [1.807, 2.05) is 12.1 Å². The van der Waals surface area contributed by atoms with Crippen LogP contribution < -0.4 is 10.1 Å². The van der Waals surface area contributed by atoms with Gasteiger partial charge in [0.2, 0.25) is 5.88 Å². The van der Waals surface area contributed by atoms with Gasteiger partial charge in [-0.05, 0) is 26.5 Å². The van der Waals surface area contributed by atoms with Crippen molar-refractivity contribution in [1.82, 2.24) is 15.5 Å². The predicted molar refractivity (Wildman–Crippen MR) is 64.4 cm³/mol. The first-order valence-corrected chi connectivity index (χ1v) is 5.43. The second-order valence-electron chi connectivity index (χ2n) is 3.78. The SMILES string of the molecule is CCNC(C=C(C)C)c1ccc(OC)nn1. The van der Waals surface area contributed by atoms with Crippen LogP contribution in [0.2, 0.25) is 0 Å². The number of methoxy groups -OCH3 is 1. The molecule has 0 fully saturated rings. The summed E-state index contributed by atoms with van der Waals surface area (Å²) in [5.41, 5.74) is 2.16. The summed E-state index contributed by atoms with van der Waals surface area (Å²) in [6.07, 6.45) is 2.14. The smallest absolute Gasteiger partial charge is 0.233 e. The molecule has 0 bridgehead atoms. The molecule has 1 unspecified atom stereocenters. The summed E-state index contributed by atoms with van der Waals surface area (Å²) in [4.78, 5) is 0. The molecule has 0 amide bonds. The Morgan fingerprint density at radius 3 is 2.62 bits per heavy atom. The van der Waals surface area contributed by atoms with Crippen LogP contribution in [0.25, 0.3) is 0 Å². The highest BCUT2D eigenvalue weighted by molar-refractivity contribution is 5.19. The number of hydrogen-bond acceptors (Lipinski definition) is 4. The molecule has 0 saturated heterocycles. The number of allylic oxidation sites excluding steroid dienone is 1. The molecule has 0 aliphatic carbocycles. The molecule has 1 atom stereocenters. The highest BCUT2D eigenvalue weighted by atomic mass is 16.5. The summed E-state index contributed by atoms with van der Waals surface area (Å²) in [5.74, 6) is 0.538. The zero-order chi connectivity index (χ0) is 12.0. The monoisotopic (exact) mass is 221 g/mol. The van der Waals surface area contributed by atoms with Gasteiger partial charge in [-0.3, -0.25) is 0 Å². The van der Waals surface area contributed by atoms with E-state index in [0.29, 0.717) is 5.88 Å². The quantitative estimate of drug-likeness (QED) is 0.773. The molecule has 88 valence electrons. The van der Waals surface area contributed by atoms with Gasteiger partial charge in [-0.1, -0.05) is 18.6 Å². The third-order valence-electron chi connectivity index (χ3n) is 2.11. The maximum Gasteiger partial charge on any atom is 0.233 e. The van der Waals surface area contributed by atoms with Gasteiger partial charge in [-0.15, -0.1) is 10.2 Å². The Morgan fingerprint density at radius 1 is 1.44 bits per heavy atom. The van der Waals surface area contributed by atoms with Crippen molar-refractivity contribution in [3.8, 4) is 5.88 Å². The Hall–Kier alpha value is -1.42. The number of rotatable bonds is 5. The average molecular weight is 221 g/mol. The van der Waals surface area contributed by atoms with E-state index in [1.165, 1.54) is 5.57 Å². The van der Waals surface area contributed by atoms with Crippen LogP contribution in [-0.2, 0) is 0 Å². The van der Waals surface area contributed by atoms with E-state index < -0.39 is 0 Å². The standard InChI is InChI=1S/C12H19N3O/c1-5-13-11(8-9(2)3)10-6-7-12(16-4)15-14-10/h6-8,11,13H,5H2,1-4H3. The molecule has 4 nitrogen and oxygen atoms in total. The maximum atomic E-state index is 4.98. The van der Waals surface area contributed by atoms with Gasteiger partial charge >= 0.3 is 0 Å². The second kappa shape index (κ2) is 6.23. The molecule has 0 aliphatic rings. The summed E-state index contributed by atoms with van der Waals surface area (Å²) in [6.45, 7) is 7.10. The molecule has 0 saturated carbocycles. The predicted octanol–water partition coefficient (Wildman–Crippen LogP) is 2.10. The normalized spacial score (nSPS) is 12.0. The minimum Gasteiger partial charge on any atom is -0.480 e. The van der Waals surface area contributed by atoms with E-state index >= 15 is 0 Å². The summed E-state index contributed by atoms with van der Waals surface area (Å²) in [6, 6.07) is 3.87. The Bertz CT molecular complexity index is 342. The van der Waals surface area contributed by atoms with Crippen molar-refractivity contribution >= 4 is 0 Å². The van der Waals surface area contributed by atoms with Crippen LogP contribution in [0.3, 0.4) is 0 Å². The summed E-state index contributed by atoms with van der Waals surface area (Å²) in [7, 11) is 1.58. The second-order valence-corrected chi connectivity index (χ2v) is 3.78. The van der Waals surface area contributed by atoms with Gasteiger partial charge in [0.1, 0.15) is 0 Å². The number of likely N-dealkylation sites (N-methyl/N-ethyl adjacent to an activating group) is 1. The molecule has 0 radical (unpaired) electrons. The van der Waals surface area contributed by atoms with Gasteiger partial charge in [0.25, 0.3) is 0 Å². The Balaban J connectivity index is 2.88. The minimum atomic E-state index is 0.119. The number of nitrogens with zero attached hydrogens (tertiary/aromatic N) is 2. The Morgan fingerprint density at radius 2 is 2.19 bits per heavy atom. The number of ether oxygens (including phenoxy) is 1. The molecule has 0 spiro atoms. The first kappa shape index (κ1) is 12.6. The van der Waals surface area contributed by atoms with Gasteiger partial charge < -0.3 is 10.1 Å². The molecule has 1 N–H and O–H groups in total. The van der Waals surface area contributed by atoms with Crippen LogP contribution in [0.1, 0.15) is 32.5 Å². The van der Waals surface area contributed by atoms with E-state index in [-0.39, 0.29) is 6.04 Å². The van der Waals surface area contributed by atoms with Crippen molar-refractivity contribution in [2.75, 3.05) is 13.7 Å². The topological polar surface area (TPSA) is 47.0 Å². The van der Waals surface area contributed by atoms with Crippen LogP contribution in [-0.4, -0.2) is 23.9 Å². The Labute approximate surface area is 96.7 Å². The van der Waals surface area contributed by atoms with Crippen LogP contribution in [0, 0.1) is 0 Å². The van der Waals surface area contributed by atoms with Crippen LogP contribution in [0.5, 0.6) is 5.88 Å². The zero-order valence-corrected chi connectivity index (χ0v) is 10.3. The molecule has 16 heavy (non-hydrogen) atoms. The number of hydrogen-bond donors (Lipinski definition) is 1. The third kappa shape index (κ3) is 3.62. The fraction of sp³-hybridized carbons (Fsp3) is 0.500. The highest BCUT2D eigenvalue weighted by Gasteiger charge is 2.09. The Kier molecular flexibility index (Phi) is 4.92. The minimum absolute atomic E-state index is 0.119. The highest BCUT2D eigenvalue weighted by Crippen LogP contribution is 2.14. The molecule has 4 heteroatoms. The lowest BCUT2D eigenvalue weighted by atomic mass is 10.1. The number of nitrogens with one attached hydrogen (secondary N) is 1. The summed E-state index contributed by atoms with van der Waals surface area (Å²) >= 11 is 0. The molecule has 1 aromatic rings. The zero-order valence-electron chi connectivity index (χ0n) is 10.3. The van der Waals surface area contributed by atoms with E-state index in [9.17, 15) is 0 Å². The fourth-order valence-corrected chi connectivity index (χ4v) is 1.41. The van der Waals surface area contributed by atoms with Crippen molar-refractivity contribution in [3.63, 3.8) is 0 Å². The number of aromatic nitrogens is 2. The largest absolute Gasteiger partial charge is 0.480 e. The molecule has 0 aromatic carbocycles. The van der Waals surface area contributed by atoms with E-state index in [4.69, 9.17) is 4.74 Å². The first-order valence-electron chi connectivity index (χ1n) is 5.43. The molecular formula is C12H19N3O. The van der Waals surface area contributed by atoms with Gasteiger partial charge in [0.15, 0.2) is 0 Å². The summed E-state index contributed by atoms with van der Waals surface area (Å²) in [5, 5.41) is 11.5. The van der Waals surface area contributed by atoms with E-state index in [1.54, 1.807) is 7.11 Å². The van der Waals surface area contributed by atoms with Crippen molar-refractivity contribution < 1.29 is 4.74 Å². The van der Waals surface area contributed by atoms with E-state index in [2.05, 4.69) is 42.4 Å².